The maximum absolute atomic E-state index is 13.2. The Hall–Kier alpha value is -2.51. The first-order valence-electron chi connectivity index (χ1n) is 30.0. The normalized spacial score (nSPS) is 30.7. The Balaban J connectivity index is 1.33. The number of unbranched alkanes of at least 4 members (excludes halogenated alkanes) is 19. The van der Waals surface area contributed by atoms with Crippen LogP contribution in [0.15, 0.2) is 60.8 Å². The molecule has 3 aliphatic rings. The highest BCUT2D eigenvalue weighted by molar-refractivity contribution is 5.76. The van der Waals surface area contributed by atoms with Crippen molar-refractivity contribution in [2.75, 3.05) is 26.4 Å². The topological polar surface area (TPSA) is 307 Å². The molecule has 0 saturated carbocycles. The average molecular weight is 1130 g/mol. The third-order valence-electron chi connectivity index (χ3n) is 14.8. The van der Waals surface area contributed by atoms with Crippen molar-refractivity contribution in [1.29, 1.82) is 0 Å². The van der Waals surface area contributed by atoms with Gasteiger partial charge in [0.1, 0.15) is 73.2 Å². The summed E-state index contributed by atoms with van der Waals surface area (Å²) in [5.74, 6) is -0.285. The summed E-state index contributed by atoms with van der Waals surface area (Å²) in [6.07, 6.45) is 23.0. The van der Waals surface area contributed by atoms with Crippen molar-refractivity contribution in [1.82, 2.24) is 5.32 Å². The van der Waals surface area contributed by atoms with Gasteiger partial charge in [0.2, 0.25) is 5.91 Å². The lowest BCUT2D eigenvalue weighted by Gasteiger charge is -2.48. The number of rotatable bonds is 43. The Bertz CT molecular complexity index is 1680. The zero-order chi connectivity index (χ0) is 57.6. The fourth-order valence-corrected chi connectivity index (χ4v) is 9.89. The van der Waals surface area contributed by atoms with Crippen LogP contribution in [0.2, 0.25) is 0 Å². The molecule has 3 rings (SSSR count). The van der Waals surface area contributed by atoms with Crippen LogP contribution in [0.3, 0.4) is 0 Å². The Morgan fingerprint density at radius 3 is 1.37 bits per heavy atom. The maximum atomic E-state index is 13.2. The van der Waals surface area contributed by atoms with Gasteiger partial charge in [0.25, 0.3) is 0 Å². The van der Waals surface area contributed by atoms with Crippen molar-refractivity contribution in [3.05, 3.63) is 60.8 Å². The number of ether oxygens (including phenoxy) is 6. The molecule has 17 unspecified atom stereocenters. The number of allylic oxidation sites excluding steroid dienone is 9. The number of carbonyl (C=O) groups excluding carboxylic acids is 1. The van der Waals surface area contributed by atoms with E-state index in [2.05, 4.69) is 67.8 Å². The van der Waals surface area contributed by atoms with E-state index in [0.29, 0.717) is 6.42 Å². The summed E-state index contributed by atoms with van der Waals surface area (Å²) in [6, 6.07) is -0.970. The monoisotopic (exact) mass is 1130 g/mol. The van der Waals surface area contributed by atoms with Crippen LogP contribution in [0.5, 0.6) is 0 Å². The van der Waals surface area contributed by atoms with Crippen LogP contribution in [0, 0.1) is 0 Å². The first-order chi connectivity index (χ1) is 38.3. The average Bonchev–Trinajstić information content (AvgIpc) is 3.48. The summed E-state index contributed by atoms with van der Waals surface area (Å²) in [5.41, 5.74) is 0. The van der Waals surface area contributed by atoms with Crippen molar-refractivity contribution < 1.29 is 89.4 Å². The van der Waals surface area contributed by atoms with Gasteiger partial charge in [-0.05, 0) is 57.8 Å². The zero-order valence-electron chi connectivity index (χ0n) is 47.6. The van der Waals surface area contributed by atoms with E-state index < -0.39 is 124 Å². The van der Waals surface area contributed by atoms with Gasteiger partial charge in [0, 0.05) is 6.42 Å². The Kier molecular flexibility index (Phi) is 38.7. The van der Waals surface area contributed by atoms with Gasteiger partial charge in [-0.25, -0.2) is 0 Å². The quantitative estimate of drug-likeness (QED) is 0.0274. The van der Waals surface area contributed by atoms with E-state index in [9.17, 15) is 61.0 Å². The third-order valence-corrected chi connectivity index (χ3v) is 14.8. The molecule has 0 spiro atoms. The molecule has 0 bridgehead atoms. The molecule has 0 aromatic carbocycles. The van der Waals surface area contributed by atoms with Crippen LogP contribution in [0.1, 0.15) is 181 Å². The van der Waals surface area contributed by atoms with Gasteiger partial charge in [-0.1, -0.05) is 177 Å². The van der Waals surface area contributed by atoms with Gasteiger partial charge in [0.15, 0.2) is 18.9 Å². The van der Waals surface area contributed by atoms with Gasteiger partial charge in [0.05, 0.1) is 38.6 Å². The summed E-state index contributed by atoms with van der Waals surface area (Å²) >= 11 is 0. The first-order valence-corrected chi connectivity index (χ1v) is 30.0. The summed E-state index contributed by atoms with van der Waals surface area (Å²) in [7, 11) is 0. The largest absolute Gasteiger partial charge is 0.394 e. The molecular weight excluding hydrogens is 1020 g/mol. The molecular formula is C60H105NO18. The minimum Gasteiger partial charge on any atom is -0.394 e. The fourth-order valence-electron chi connectivity index (χ4n) is 9.89. The lowest BCUT2D eigenvalue weighted by Crippen LogP contribution is -2.66. The zero-order valence-corrected chi connectivity index (χ0v) is 47.6. The Morgan fingerprint density at radius 1 is 0.468 bits per heavy atom. The van der Waals surface area contributed by atoms with E-state index in [1.807, 2.05) is 6.08 Å². The standard InChI is InChI=1S/C60H105NO18/c1-3-5-7-9-10-11-12-13-14-15-16-17-18-19-20-21-22-23-24-25-26-27-28-29-30-31-32-34-36-38-48(66)61-43(44(65)37-35-33-8-6-4-2)42-74-58-54(72)51(69)56(46(40-63)76-58)79-60-55(73)52(70)57(47(41-64)77-60)78-59-53(71)50(68)49(67)45(39-62)75-59/h5,7,10-11,13-14,16-17,35,37,43-47,49-60,62-65,67-73H,3-4,6,8-9,12,15,18-34,36,38-42H2,1-2H3,(H,61,66)/b7-5-,11-10-,14-13-,17-16-,37-35+. The van der Waals surface area contributed by atoms with E-state index in [1.54, 1.807) is 6.08 Å². The minimum atomic E-state index is -1.98. The third kappa shape index (κ3) is 27.2. The van der Waals surface area contributed by atoms with Crippen molar-refractivity contribution in [3.63, 3.8) is 0 Å². The predicted molar refractivity (Wildman–Crippen MR) is 300 cm³/mol. The predicted octanol–water partition coefficient (Wildman–Crippen LogP) is 5.26. The molecule has 3 fully saturated rings. The molecule has 3 heterocycles. The number of aliphatic hydroxyl groups excluding tert-OH is 11. The first kappa shape index (κ1) is 70.8. The molecule has 0 aromatic heterocycles. The van der Waals surface area contributed by atoms with Crippen LogP contribution in [0.25, 0.3) is 0 Å². The molecule has 0 radical (unpaired) electrons. The highest BCUT2D eigenvalue weighted by atomic mass is 16.8. The molecule has 3 aliphatic heterocycles. The van der Waals surface area contributed by atoms with Crippen LogP contribution in [0.4, 0.5) is 0 Å². The van der Waals surface area contributed by atoms with Crippen LogP contribution < -0.4 is 5.32 Å². The van der Waals surface area contributed by atoms with Crippen molar-refractivity contribution >= 4 is 5.91 Å². The van der Waals surface area contributed by atoms with E-state index in [1.165, 1.54) is 83.5 Å². The molecule has 3 saturated heterocycles. The minimum absolute atomic E-state index is 0.240. The van der Waals surface area contributed by atoms with Gasteiger partial charge in [-0.15, -0.1) is 0 Å². The van der Waals surface area contributed by atoms with E-state index in [-0.39, 0.29) is 18.9 Å². The van der Waals surface area contributed by atoms with E-state index >= 15 is 0 Å². The van der Waals surface area contributed by atoms with Gasteiger partial charge < -0.3 is 89.9 Å². The SMILES string of the molecule is CC/C=C\C/C=C\C/C=C\C/C=C\CCCCCCCCCCCCCCCCCCC(=O)NC(COC1OC(CO)C(OC2OC(CO)C(OC3OC(CO)C(O)C(O)C3O)C(O)C2O)C(O)C1O)C(O)/C=C/CCCCC. The van der Waals surface area contributed by atoms with Crippen LogP contribution in [-0.4, -0.2) is 193 Å². The van der Waals surface area contributed by atoms with Gasteiger partial charge >= 0.3 is 0 Å². The highest BCUT2D eigenvalue weighted by Gasteiger charge is 2.53. The fraction of sp³-hybridized carbons (Fsp3) is 0.817. The Morgan fingerprint density at radius 2 is 0.873 bits per heavy atom. The molecule has 79 heavy (non-hydrogen) atoms. The highest BCUT2D eigenvalue weighted by Crippen LogP contribution is 2.33. The van der Waals surface area contributed by atoms with Gasteiger partial charge in [-0.3, -0.25) is 4.79 Å². The van der Waals surface area contributed by atoms with Crippen molar-refractivity contribution in [2.45, 2.75) is 285 Å². The second-order valence-corrected chi connectivity index (χ2v) is 21.4. The number of nitrogens with one attached hydrogen (secondary N) is 1. The summed E-state index contributed by atoms with van der Waals surface area (Å²) in [4.78, 5) is 13.2. The number of amides is 1. The van der Waals surface area contributed by atoms with E-state index in [0.717, 1.165) is 70.6 Å². The van der Waals surface area contributed by atoms with Crippen molar-refractivity contribution in [2.24, 2.45) is 0 Å². The molecule has 17 atom stereocenters. The number of hydrogen-bond acceptors (Lipinski definition) is 18. The smallest absolute Gasteiger partial charge is 0.220 e. The lowest BCUT2D eigenvalue weighted by atomic mass is 9.96. The molecule has 0 aromatic rings. The summed E-state index contributed by atoms with van der Waals surface area (Å²) < 4.78 is 34.0. The maximum Gasteiger partial charge on any atom is 0.220 e. The lowest BCUT2D eigenvalue weighted by molar-refractivity contribution is -0.379. The molecule has 19 heteroatoms. The van der Waals surface area contributed by atoms with Crippen molar-refractivity contribution in [3.8, 4) is 0 Å². The Labute approximate surface area is 471 Å². The molecule has 12 N–H and O–H groups in total. The molecule has 0 aliphatic carbocycles. The van der Waals surface area contributed by atoms with Crippen LogP contribution >= 0.6 is 0 Å². The molecule has 19 nitrogen and oxygen atoms in total. The number of aliphatic hydroxyl groups is 11. The second kappa shape index (κ2) is 43.2. The molecule has 1 amide bonds. The number of hydrogen-bond donors (Lipinski definition) is 12. The summed E-state index contributed by atoms with van der Waals surface area (Å²) in [5, 5.41) is 119. The number of carbonyl (C=O) groups is 1. The van der Waals surface area contributed by atoms with E-state index in [4.69, 9.17) is 28.4 Å². The summed E-state index contributed by atoms with van der Waals surface area (Å²) in [6.45, 7) is 1.46. The van der Waals surface area contributed by atoms with Gasteiger partial charge in [-0.2, -0.15) is 0 Å². The van der Waals surface area contributed by atoms with Crippen LogP contribution in [-0.2, 0) is 33.2 Å². The molecule has 458 valence electrons. The second-order valence-electron chi connectivity index (χ2n) is 21.4.